The maximum absolute atomic E-state index is 12.5. The molecular weight excluding hydrogens is 326 g/mol. The van der Waals surface area contributed by atoms with Crippen LogP contribution in [0.3, 0.4) is 0 Å². The molecule has 142 valence electrons. The van der Waals surface area contributed by atoms with Crippen molar-refractivity contribution in [3.05, 3.63) is 30.9 Å². The number of aryl methyl sites for hydroxylation is 1. The van der Waals surface area contributed by atoms with E-state index in [1.54, 1.807) is 0 Å². The maximum atomic E-state index is 12.5. The number of quaternary nitrogens is 1. The summed E-state index contributed by atoms with van der Waals surface area (Å²) in [4.78, 5) is 16.6. The molecule has 1 aromatic heterocycles. The van der Waals surface area contributed by atoms with Crippen LogP contribution in [0.1, 0.15) is 45.4 Å². The van der Waals surface area contributed by atoms with Gasteiger partial charge < -0.3 is 14.6 Å². The molecule has 5 atom stereocenters. The van der Waals surface area contributed by atoms with E-state index in [0.717, 1.165) is 45.3 Å². The van der Waals surface area contributed by atoms with E-state index >= 15 is 0 Å². The van der Waals surface area contributed by atoms with Crippen molar-refractivity contribution in [2.45, 2.75) is 58.1 Å². The number of nitrogens with two attached hydrogens (primary N) is 1. The molecule has 1 aliphatic heterocycles. The normalized spacial score (nSPS) is 36.5. The number of nitrogens with zero attached hydrogens (tertiary/aromatic N) is 2. The molecule has 0 bridgehead atoms. The number of rotatable bonds is 6. The first-order valence-corrected chi connectivity index (χ1v) is 10.2. The van der Waals surface area contributed by atoms with Crippen LogP contribution in [0.2, 0.25) is 0 Å². The third-order valence-corrected chi connectivity index (χ3v) is 7.12. The second-order valence-corrected chi connectivity index (χ2v) is 8.87. The topological polar surface area (TPSA) is 60.7 Å². The third-order valence-electron chi connectivity index (χ3n) is 7.12. The van der Waals surface area contributed by atoms with Gasteiger partial charge in [0.25, 0.3) is 0 Å². The monoisotopic (exact) mass is 358 g/mol. The van der Waals surface area contributed by atoms with Crippen molar-refractivity contribution < 1.29 is 14.8 Å². The number of esters is 1. The van der Waals surface area contributed by atoms with E-state index < -0.39 is 0 Å². The standard InChI is InChI=1S/C21H31N3O2/c1-15-5-3-6-21(2)12-19-16(11-18(15)21)17(20(25)26-19)13-22-7-4-9-24-10-8-23-14-24/h8,10,14,16-19,22H,1,3-7,9,11-13H2,2H3/p+1/t16-,17-,18-,19+,21-/m0/s1. The smallest absolute Gasteiger partial charge is 0.315 e. The summed E-state index contributed by atoms with van der Waals surface area (Å²) in [6.07, 6.45) is 12.7. The second kappa shape index (κ2) is 7.18. The Kier molecular flexibility index (Phi) is 4.91. The Hall–Kier alpha value is -1.62. The first-order valence-electron chi connectivity index (χ1n) is 10.2. The SMILES string of the molecule is C=C1CCC[C@@]2(C)C[C@H]3OC(=O)[C@@H](C[NH2+]CCCn4ccnc4)[C@@H]3C[C@@H]12. The Labute approximate surface area is 156 Å². The average Bonchev–Trinajstić information content (AvgIpc) is 3.21. The van der Waals surface area contributed by atoms with Gasteiger partial charge >= 0.3 is 5.97 Å². The van der Waals surface area contributed by atoms with Gasteiger partial charge in [0.1, 0.15) is 12.0 Å². The van der Waals surface area contributed by atoms with E-state index in [-0.39, 0.29) is 18.0 Å². The predicted molar refractivity (Wildman–Crippen MR) is 99.2 cm³/mol. The van der Waals surface area contributed by atoms with Gasteiger partial charge in [0.2, 0.25) is 0 Å². The van der Waals surface area contributed by atoms with Crippen molar-refractivity contribution in [3.63, 3.8) is 0 Å². The molecule has 0 spiro atoms. The molecule has 1 saturated heterocycles. The molecule has 0 radical (unpaired) electrons. The molecule has 5 heteroatoms. The van der Waals surface area contributed by atoms with Gasteiger partial charge in [-0.2, -0.15) is 0 Å². The fraction of sp³-hybridized carbons (Fsp3) is 0.714. The fourth-order valence-electron chi connectivity index (χ4n) is 5.66. The van der Waals surface area contributed by atoms with Gasteiger partial charge in [-0.1, -0.05) is 19.1 Å². The molecule has 4 rings (SSSR count). The highest BCUT2D eigenvalue weighted by Gasteiger charge is 2.55. The molecule has 1 aromatic rings. The number of allylic oxidation sites excluding steroid dienone is 1. The highest BCUT2D eigenvalue weighted by Crippen LogP contribution is 2.56. The van der Waals surface area contributed by atoms with Crippen LogP contribution < -0.4 is 5.32 Å². The minimum absolute atomic E-state index is 0.0405. The number of carbonyl (C=O) groups is 1. The van der Waals surface area contributed by atoms with Gasteiger partial charge in [-0.25, -0.2) is 4.98 Å². The van der Waals surface area contributed by atoms with Gasteiger partial charge in [-0.3, -0.25) is 4.79 Å². The lowest BCUT2D eigenvalue weighted by atomic mass is 9.55. The molecule has 0 aromatic carbocycles. The number of hydrogen-bond acceptors (Lipinski definition) is 3. The molecule has 0 amide bonds. The van der Waals surface area contributed by atoms with Crippen LogP contribution in [-0.2, 0) is 16.1 Å². The lowest BCUT2D eigenvalue weighted by Gasteiger charge is -2.49. The molecule has 26 heavy (non-hydrogen) atoms. The summed E-state index contributed by atoms with van der Waals surface area (Å²) in [5.41, 5.74) is 1.71. The van der Waals surface area contributed by atoms with Crippen LogP contribution in [0.4, 0.5) is 0 Å². The molecular formula is C21H32N3O2+. The van der Waals surface area contributed by atoms with Crippen LogP contribution >= 0.6 is 0 Å². The van der Waals surface area contributed by atoms with E-state index in [0.29, 0.717) is 17.3 Å². The highest BCUT2D eigenvalue weighted by atomic mass is 16.6. The molecule has 2 heterocycles. The Bertz CT molecular complexity index is 656. The highest BCUT2D eigenvalue weighted by molar-refractivity contribution is 5.75. The molecule has 2 aliphatic carbocycles. The first kappa shape index (κ1) is 17.8. The van der Waals surface area contributed by atoms with Crippen LogP contribution in [0.5, 0.6) is 0 Å². The molecule has 0 unspecified atom stereocenters. The van der Waals surface area contributed by atoms with Crippen molar-refractivity contribution >= 4 is 5.97 Å². The lowest BCUT2D eigenvalue weighted by molar-refractivity contribution is -0.659. The summed E-state index contributed by atoms with van der Waals surface area (Å²) in [6.45, 7) is 9.64. The van der Waals surface area contributed by atoms with Crippen LogP contribution in [0.25, 0.3) is 0 Å². The number of fused-ring (bicyclic) bond motifs is 2. The minimum Gasteiger partial charge on any atom is -0.462 e. The number of ether oxygens (including phenoxy) is 1. The molecule has 5 nitrogen and oxygen atoms in total. The van der Waals surface area contributed by atoms with Gasteiger partial charge in [0.05, 0.1) is 19.4 Å². The number of carbonyl (C=O) groups excluding carboxylic acids is 1. The first-order chi connectivity index (χ1) is 12.6. The molecule has 3 aliphatic rings. The van der Waals surface area contributed by atoms with Gasteiger partial charge in [0, 0.05) is 31.3 Å². The largest absolute Gasteiger partial charge is 0.462 e. The van der Waals surface area contributed by atoms with E-state index in [1.807, 2.05) is 18.7 Å². The Morgan fingerprint density at radius 3 is 3.19 bits per heavy atom. The van der Waals surface area contributed by atoms with Gasteiger partial charge in [0.15, 0.2) is 0 Å². The zero-order valence-corrected chi connectivity index (χ0v) is 15.9. The summed E-state index contributed by atoms with van der Waals surface area (Å²) in [7, 11) is 0. The fourth-order valence-corrected chi connectivity index (χ4v) is 5.66. The van der Waals surface area contributed by atoms with E-state index in [4.69, 9.17) is 4.74 Å². The molecule has 2 saturated carbocycles. The van der Waals surface area contributed by atoms with Crippen molar-refractivity contribution in [1.82, 2.24) is 9.55 Å². The van der Waals surface area contributed by atoms with E-state index in [1.165, 1.54) is 18.4 Å². The predicted octanol–water partition coefficient (Wildman–Crippen LogP) is 2.15. The summed E-state index contributed by atoms with van der Waals surface area (Å²) >= 11 is 0. The van der Waals surface area contributed by atoms with E-state index in [9.17, 15) is 4.79 Å². The zero-order valence-electron chi connectivity index (χ0n) is 15.9. The lowest BCUT2D eigenvalue weighted by Crippen LogP contribution is -2.86. The Morgan fingerprint density at radius 2 is 2.38 bits per heavy atom. The number of aromatic nitrogens is 2. The van der Waals surface area contributed by atoms with Crippen LogP contribution in [0, 0.1) is 23.2 Å². The van der Waals surface area contributed by atoms with Crippen LogP contribution in [0.15, 0.2) is 30.9 Å². The van der Waals surface area contributed by atoms with Crippen molar-refractivity contribution in [1.29, 1.82) is 0 Å². The third kappa shape index (κ3) is 3.34. The van der Waals surface area contributed by atoms with Crippen LogP contribution in [-0.4, -0.2) is 34.7 Å². The quantitative estimate of drug-likeness (QED) is 0.481. The second-order valence-electron chi connectivity index (χ2n) is 8.87. The van der Waals surface area contributed by atoms with Gasteiger partial charge in [-0.05, 0) is 43.4 Å². The summed E-state index contributed by atoms with van der Waals surface area (Å²) in [6, 6.07) is 0. The number of hydrogen-bond donors (Lipinski definition) is 1. The Morgan fingerprint density at radius 1 is 1.50 bits per heavy atom. The van der Waals surface area contributed by atoms with Crippen molar-refractivity contribution in [2.24, 2.45) is 23.2 Å². The van der Waals surface area contributed by atoms with Crippen molar-refractivity contribution in [3.8, 4) is 0 Å². The zero-order chi connectivity index (χ0) is 18.1. The minimum atomic E-state index is 0.0405. The molecule has 3 fully saturated rings. The summed E-state index contributed by atoms with van der Waals surface area (Å²) in [5.74, 6) is 1.07. The Balaban J connectivity index is 1.31. The van der Waals surface area contributed by atoms with Gasteiger partial charge in [-0.15, -0.1) is 0 Å². The van der Waals surface area contributed by atoms with E-state index in [2.05, 4.69) is 28.4 Å². The number of imidazole rings is 1. The molecule has 2 N–H and O–H groups in total. The maximum Gasteiger partial charge on any atom is 0.315 e. The summed E-state index contributed by atoms with van der Waals surface area (Å²) in [5, 5.41) is 2.30. The summed E-state index contributed by atoms with van der Waals surface area (Å²) < 4.78 is 7.94. The average molecular weight is 359 g/mol. The van der Waals surface area contributed by atoms with Crippen molar-refractivity contribution in [2.75, 3.05) is 13.1 Å².